The Morgan fingerprint density at radius 1 is 1.12 bits per heavy atom. The summed E-state index contributed by atoms with van der Waals surface area (Å²) in [6.07, 6.45) is 0. The molecular weight excluding hydrogens is 339 g/mol. The van der Waals surface area contributed by atoms with Crippen molar-refractivity contribution in [1.82, 2.24) is 10.2 Å². The van der Waals surface area contributed by atoms with Gasteiger partial charge in [-0.25, -0.2) is 4.39 Å². The number of hydrogen-bond acceptors (Lipinski definition) is 4. The first-order valence-electron chi connectivity index (χ1n) is 8.27. The summed E-state index contributed by atoms with van der Waals surface area (Å²) in [5, 5.41) is 2.73. The lowest BCUT2D eigenvalue weighted by atomic mass is 10.1. The zero-order valence-electron chi connectivity index (χ0n) is 14.3. The van der Waals surface area contributed by atoms with E-state index in [1.807, 2.05) is 0 Å². The number of halogens is 1. The zero-order valence-corrected chi connectivity index (χ0v) is 14.3. The van der Waals surface area contributed by atoms with E-state index in [2.05, 4.69) is 5.32 Å². The number of nitrogens with one attached hydrogen (secondary N) is 1. The Morgan fingerprint density at radius 2 is 1.85 bits per heavy atom. The molecule has 0 aromatic heterocycles. The van der Waals surface area contributed by atoms with Gasteiger partial charge in [-0.15, -0.1) is 0 Å². The highest BCUT2D eigenvalue weighted by molar-refractivity contribution is 5.97. The minimum Gasteiger partial charge on any atom is -0.454 e. The lowest BCUT2D eigenvalue weighted by Crippen LogP contribution is -2.40. The molecule has 0 aliphatic carbocycles. The van der Waals surface area contributed by atoms with Gasteiger partial charge in [0.25, 0.3) is 5.91 Å². The van der Waals surface area contributed by atoms with Crippen LogP contribution in [0, 0.1) is 5.82 Å². The minimum atomic E-state index is -0.327. The van der Waals surface area contributed by atoms with E-state index < -0.39 is 0 Å². The summed E-state index contributed by atoms with van der Waals surface area (Å²) in [5.74, 6) is 0.244. The number of rotatable bonds is 6. The molecule has 1 aliphatic heterocycles. The Morgan fingerprint density at radius 3 is 2.58 bits per heavy atom. The van der Waals surface area contributed by atoms with E-state index in [9.17, 15) is 14.0 Å². The molecule has 7 heteroatoms. The van der Waals surface area contributed by atoms with Crippen molar-refractivity contribution in [2.75, 3.05) is 19.9 Å². The zero-order chi connectivity index (χ0) is 18.5. The van der Waals surface area contributed by atoms with Crippen LogP contribution in [0.5, 0.6) is 11.5 Å². The van der Waals surface area contributed by atoms with Crippen LogP contribution in [-0.2, 0) is 11.3 Å². The number of nitrogens with zero attached hydrogens (tertiary/aromatic N) is 1. The summed E-state index contributed by atoms with van der Waals surface area (Å²) >= 11 is 0. The van der Waals surface area contributed by atoms with Crippen LogP contribution in [-0.4, -0.2) is 36.6 Å². The fraction of sp³-hybridized carbons (Fsp3) is 0.263. The van der Waals surface area contributed by atoms with Crippen LogP contribution in [0.2, 0.25) is 0 Å². The number of benzene rings is 2. The van der Waals surface area contributed by atoms with Gasteiger partial charge >= 0.3 is 0 Å². The third-order valence-corrected chi connectivity index (χ3v) is 4.03. The average Bonchev–Trinajstić information content (AvgIpc) is 3.13. The summed E-state index contributed by atoms with van der Waals surface area (Å²) in [6.45, 7) is 2.53. The second kappa shape index (κ2) is 7.86. The first-order valence-corrected chi connectivity index (χ1v) is 8.27. The van der Waals surface area contributed by atoms with E-state index in [0.29, 0.717) is 23.6 Å². The van der Waals surface area contributed by atoms with Crippen molar-refractivity contribution >= 4 is 11.8 Å². The first kappa shape index (κ1) is 17.7. The van der Waals surface area contributed by atoms with Crippen LogP contribution in [0.25, 0.3) is 0 Å². The van der Waals surface area contributed by atoms with Crippen molar-refractivity contribution in [3.05, 3.63) is 59.4 Å². The quantitative estimate of drug-likeness (QED) is 0.861. The fourth-order valence-electron chi connectivity index (χ4n) is 2.57. The maximum atomic E-state index is 12.9. The largest absolute Gasteiger partial charge is 0.454 e. The van der Waals surface area contributed by atoms with Gasteiger partial charge in [-0.05, 0) is 42.8 Å². The van der Waals surface area contributed by atoms with Gasteiger partial charge in [0.1, 0.15) is 5.82 Å². The molecule has 0 unspecified atom stereocenters. The number of fused-ring (bicyclic) bond motifs is 1. The molecule has 0 bridgehead atoms. The van der Waals surface area contributed by atoms with Crippen molar-refractivity contribution in [1.29, 1.82) is 0 Å². The van der Waals surface area contributed by atoms with Crippen molar-refractivity contribution < 1.29 is 23.5 Å². The summed E-state index contributed by atoms with van der Waals surface area (Å²) in [7, 11) is 0. The summed E-state index contributed by atoms with van der Waals surface area (Å²) < 4.78 is 23.4. The van der Waals surface area contributed by atoms with Gasteiger partial charge < -0.3 is 19.7 Å². The molecule has 1 aliphatic rings. The van der Waals surface area contributed by atoms with Crippen molar-refractivity contribution in [2.45, 2.75) is 13.5 Å². The third kappa shape index (κ3) is 4.11. The Hall–Kier alpha value is -3.09. The Labute approximate surface area is 150 Å². The number of ether oxygens (including phenoxy) is 2. The van der Waals surface area contributed by atoms with Gasteiger partial charge in [0.15, 0.2) is 11.5 Å². The normalized spacial score (nSPS) is 11.9. The average molecular weight is 358 g/mol. The maximum Gasteiger partial charge on any atom is 0.254 e. The summed E-state index contributed by atoms with van der Waals surface area (Å²) in [6, 6.07) is 10.8. The topological polar surface area (TPSA) is 67.9 Å². The van der Waals surface area contributed by atoms with Gasteiger partial charge in [0.2, 0.25) is 12.7 Å². The molecule has 0 saturated heterocycles. The van der Waals surface area contributed by atoms with Gasteiger partial charge in [0, 0.05) is 18.7 Å². The molecule has 1 N–H and O–H groups in total. The molecule has 26 heavy (non-hydrogen) atoms. The first-order chi connectivity index (χ1) is 12.6. The molecule has 6 nitrogen and oxygen atoms in total. The maximum absolute atomic E-state index is 12.9. The Bertz CT molecular complexity index is 808. The second-order valence-corrected chi connectivity index (χ2v) is 5.79. The Kier molecular flexibility index (Phi) is 5.36. The summed E-state index contributed by atoms with van der Waals surface area (Å²) in [5.41, 5.74) is 1.22. The molecule has 0 radical (unpaired) electrons. The lowest BCUT2D eigenvalue weighted by Gasteiger charge is -2.20. The highest BCUT2D eigenvalue weighted by atomic mass is 19.1. The van der Waals surface area contributed by atoms with Gasteiger partial charge in [0.05, 0.1) is 6.54 Å². The van der Waals surface area contributed by atoms with E-state index in [1.54, 1.807) is 37.3 Å². The number of likely N-dealkylation sites (N-methyl/N-ethyl adjacent to an activating group) is 1. The van der Waals surface area contributed by atoms with E-state index in [1.165, 1.54) is 17.0 Å². The van der Waals surface area contributed by atoms with Crippen LogP contribution in [0.15, 0.2) is 42.5 Å². The second-order valence-electron chi connectivity index (χ2n) is 5.79. The van der Waals surface area contributed by atoms with E-state index in [0.717, 1.165) is 5.56 Å². The van der Waals surface area contributed by atoms with E-state index in [4.69, 9.17) is 9.47 Å². The molecule has 0 atom stereocenters. The number of hydrogen-bond donors (Lipinski definition) is 1. The SMILES string of the molecule is CCN(CC(=O)NCc1ccc(F)cc1)C(=O)c1ccc2c(c1)OCO2. The molecule has 0 saturated carbocycles. The highest BCUT2D eigenvalue weighted by Gasteiger charge is 2.21. The smallest absolute Gasteiger partial charge is 0.254 e. The number of amides is 2. The van der Waals surface area contributed by atoms with Gasteiger partial charge in [-0.3, -0.25) is 9.59 Å². The monoisotopic (exact) mass is 358 g/mol. The van der Waals surface area contributed by atoms with Crippen molar-refractivity contribution in [3.63, 3.8) is 0 Å². The molecule has 1 heterocycles. The minimum absolute atomic E-state index is 0.0645. The van der Waals surface area contributed by atoms with Crippen LogP contribution >= 0.6 is 0 Å². The molecular formula is C19H19FN2O4. The molecule has 3 rings (SSSR count). The molecule has 136 valence electrons. The van der Waals surface area contributed by atoms with Gasteiger partial charge in [-0.2, -0.15) is 0 Å². The van der Waals surface area contributed by atoms with Crippen LogP contribution in [0.4, 0.5) is 4.39 Å². The molecule has 0 spiro atoms. The van der Waals surface area contributed by atoms with Crippen LogP contribution in [0.3, 0.4) is 0 Å². The standard InChI is InChI=1S/C19H19FN2O4/c1-2-22(11-18(23)21-10-13-3-6-15(20)7-4-13)19(24)14-5-8-16-17(9-14)26-12-25-16/h3-9H,2,10-12H2,1H3,(H,21,23). The van der Waals surface area contributed by atoms with Crippen LogP contribution in [0.1, 0.15) is 22.8 Å². The molecule has 2 aromatic rings. The summed E-state index contributed by atoms with van der Waals surface area (Å²) in [4.78, 5) is 26.2. The highest BCUT2D eigenvalue weighted by Crippen LogP contribution is 2.32. The third-order valence-electron chi connectivity index (χ3n) is 4.03. The molecule has 0 fully saturated rings. The molecule has 2 amide bonds. The predicted molar refractivity (Wildman–Crippen MR) is 92.4 cm³/mol. The molecule has 2 aromatic carbocycles. The number of carbonyl (C=O) groups is 2. The van der Waals surface area contributed by atoms with Crippen molar-refractivity contribution in [3.8, 4) is 11.5 Å². The van der Waals surface area contributed by atoms with Gasteiger partial charge in [-0.1, -0.05) is 12.1 Å². The van der Waals surface area contributed by atoms with Crippen LogP contribution < -0.4 is 14.8 Å². The van der Waals surface area contributed by atoms with E-state index >= 15 is 0 Å². The number of carbonyl (C=O) groups excluding carboxylic acids is 2. The fourth-order valence-corrected chi connectivity index (χ4v) is 2.57. The predicted octanol–water partition coefficient (Wildman–Crippen LogP) is 2.33. The van der Waals surface area contributed by atoms with E-state index in [-0.39, 0.29) is 37.5 Å². The Balaban J connectivity index is 1.58. The lowest BCUT2D eigenvalue weighted by molar-refractivity contribution is -0.121. The van der Waals surface area contributed by atoms with Crippen molar-refractivity contribution in [2.24, 2.45) is 0 Å².